The summed E-state index contributed by atoms with van der Waals surface area (Å²) in [6.45, 7) is 14.2. The van der Waals surface area contributed by atoms with E-state index in [4.69, 9.17) is 0 Å². The standard InChI is InChI=1S/C21H19S.C17H15.2CH3.2ClH.Si.Zr/c1-13(2)16-11-19-20(12-16)22-14(3)21(19)18-10-6-8-15-7-4-5-9-17(15)18;1-12-10-16-13(2)8-9-15(17(16)11-12)14-6-4-3-5-7-14;;;;;;/h4-11,13-14H,1-3H3;3-11H,1-2H3;2*1H3;2*1H;;/q4*-1;;;;. The van der Waals surface area contributed by atoms with Gasteiger partial charge in [0.15, 0.2) is 0 Å². The van der Waals surface area contributed by atoms with E-state index >= 15 is 0 Å². The monoisotopic (exact) mass is 742 g/mol. The average molecular weight is 745 g/mol. The Morgan fingerprint density at radius 1 is 0.800 bits per heavy atom. The summed E-state index contributed by atoms with van der Waals surface area (Å²) in [6, 6.07) is 34.9. The fraction of sp³-hybridized carbons (Fsp3) is 0.175. The number of benzene rings is 4. The number of halogens is 2. The molecule has 1 aliphatic carbocycles. The quantitative estimate of drug-likeness (QED) is 0.131. The van der Waals surface area contributed by atoms with Crippen molar-refractivity contribution in [2.45, 2.75) is 39.9 Å². The summed E-state index contributed by atoms with van der Waals surface area (Å²) in [5.74, 6) is 0.537. The molecule has 0 spiro atoms. The zero-order valence-corrected chi connectivity index (χ0v) is 33.1. The van der Waals surface area contributed by atoms with Gasteiger partial charge in [0.25, 0.3) is 0 Å². The molecule has 1 aliphatic heterocycles. The number of hydrogen-bond donors (Lipinski definition) is 0. The van der Waals surface area contributed by atoms with Crippen LogP contribution in [0.2, 0.25) is 0 Å². The summed E-state index contributed by atoms with van der Waals surface area (Å²) >= 11 is 3.30. The van der Waals surface area contributed by atoms with Crippen molar-refractivity contribution in [1.82, 2.24) is 0 Å². The van der Waals surface area contributed by atoms with E-state index in [1.165, 1.54) is 94.3 Å². The van der Waals surface area contributed by atoms with E-state index in [0.29, 0.717) is 11.2 Å². The minimum absolute atomic E-state index is 0. The van der Waals surface area contributed by atoms with Gasteiger partial charge in [-0.05, 0) is 34.7 Å². The summed E-state index contributed by atoms with van der Waals surface area (Å²) in [4.78, 5) is 1.33. The molecule has 0 aromatic heterocycles. The van der Waals surface area contributed by atoms with E-state index < -0.39 is 0 Å². The van der Waals surface area contributed by atoms with Gasteiger partial charge in [0.05, 0.1) is 0 Å². The fourth-order valence-corrected chi connectivity index (χ4v) is 7.00. The topological polar surface area (TPSA) is 0 Å². The zero-order chi connectivity index (χ0) is 29.1. The van der Waals surface area contributed by atoms with Crippen LogP contribution in [0.1, 0.15) is 37.5 Å². The molecule has 2 radical (unpaired) electrons. The van der Waals surface area contributed by atoms with Gasteiger partial charge in [0.1, 0.15) is 0 Å². The molecule has 5 aromatic rings. The third kappa shape index (κ3) is 8.68. The van der Waals surface area contributed by atoms with Crippen molar-refractivity contribution in [2.75, 3.05) is 0 Å². The van der Waals surface area contributed by atoms with E-state index in [9.17, 15) is 0 Å². The first-order chi connectivity index (χ1) is 19.9. The van der Waals surface area contributed by atoms with Gasteiger partial charge >= 0.3 is 30.2 Å². The second-order valence-corrected chi connectivity index (χ2v) is 12.3. The second kappa shape index (κ2) is 18.4. The van der Waals surface area contributed by atoms with Crippen LogP contribution in [0.25, 0.3) is 38.2 Å². The van der Waals surface area contributed by atoms with Crippen molar-refractivity contribution >= 4 is 70.6 Å². The molecular weight excluding hydrogens is 703 g/mol. The van der Waals surface area contributed by atoms with Crippen LogP contribution >= 0.6 is 36.6 Å². The molecule has 0 saturated heterocycles. The summed E-state index contributed by atoms with van der Waals surface area (Å²) in [5.41, 5.74) is 10.9. The van der Waals surface area contributed by atoms with Crippen LogP contribution in [0.5, 0.6) is 0 Å². The minimum atomic E-state index is 0. The Morgan fingerprint density at radius 2 is 1.44 bits per heavy atom. The molecule has 0 amide bonds. The van der Waals surface area contributed by atoms with Crippen molar-refractivity contribution in [1.29, 1.82) is 0 Å². The molecule has 5 heteroatoms. The zero-order valence-electron chi connectivity index (χ0n) is 27.2. The normalized spacial score (nSPS) is 14.3. The number of aryl methyl sites for hydroxylation is 2. The molecule has 0 saturated carbocycles. The Labute approximate surface area is 305 Å². The van der Waals surface area contributed by atoms with Gasteiger partial charge in [0, 0.05) is 5.25 Å². The molecule has 45 heavy (non-hydrogen) atoms. The molecule has 234 valence electrons. The van der Waals surface area contributed by atoms with Crippen LogP contribution in [-0.2, 0) is 23.3 Å². The Bertz CT molecular complexity index is 1810. The Morgan fingerprint density at radius 3 is 2.13 bits per heavy atom. The number of fused-ring (bicyclic) bond motifs is 3. The first-order valence-corrected chi connectivity index (χ1v) is 19.2. The van der Waals surface area contributed by atoms with E-state index in [0.717, 1.165) is 0 Å². The fourth-order valence-electron chi connectivity index (χ4n) is 5.80. The molecular formula is C40H42Cl2SSiZr-4. The van der Waals surface area contributed by atoms with Crippen LogP contribution in [0.3, 0.4) is 0 Å². The molecule has 1 heterocycles. The van der Waals surface area contributed by atoms with Gasteiger partial charge < -0.3 is 14.9 Å². The molecule has 0 nitrogen and oxygen atoms in total. The van der Waals surface area contributed by atoms with Crippen LogP contribution in [-0.4, -0.2) is 12.1 Å². The maximum absolute atomic E-state index is 3.61. The van der Waals surface area contributed by atoms with Crippen LogP contribution < -0.4 is 0 Å². The number of rotatable bonds is 3. The number of hydrogen-bond acceptors (Lipinski definition) is 1. The second-order valence-electron chi connectivity index (χ2n) is 11.0. The Kier molecular flexibility index (Phi) is 16.7. The van der Waals surface area contributed by atoms with Gasteiger partial charge in [-0.3, -0.25) is 0 Å². The predicted octanol–water partition coefficient (Wildman–Crippen LogP) is 12.2. The SMILES string of the molecule is CC(C)C1=CC2=C(c3cccc4ccccc34)C(C)SC2=[C-]1.Cc1cc2c(-c3ccccc3)ccc(C)c2[cH-]1.Cl.Cl.[CH3-].[CH3-].[Si]=[Zr]. The average Bonchev–Trinajstić information content (AvgIpc) is 3.67. The van der Waals surface area contributed by atoms with E-state index in [1.54, 1.807) is 0 Å². The summed E-state index contributed by atoms with van der Waals surface area (Å²) in [7, 11) is 0. The number of allylic oxidation sites excluding steroid dienone is 4. The third-order valence-electron chi connectivity index (χ3n) is 7.83. The van der Waals surface area contributed by atoms with Crippen molar-refractivity contribution in [3.63, 3.8) is 0 Å². The van der Waals surface area contributed by atoms with Crippen molar-refractivity contribution in [3.8, 4) is 11.1 Å². The van der Waals surface area contributed by atoms with Crippen LogP contribution in [0, 0.1) is 40.7 Å². The van der Waals surface area contributed by atoms with Crippen LogP contribution in [0.4, 0.5) is 0 Å². The van der Waals surface area contributed by atoms with Gasteiger partial charge in [-0.1, -0.05) is 118 Å². The first-order valence-electron chi connectivity index (χ1n) is 14.1. The van der Waals surface area contributed by atoms with Gasteiger partial charge in [-0.2, -0.15) is 23.3 Å². The molecule has 0 N–H and O–H groups in total. The van der Waals surface area contributed by atoms with Crippen molar-refractivity contribution < 1.29 is 23.3 Å². The van der Waals surface area contributed by atoms with Crippen molar-refractivity contribution in [3.05, 3.63) is 157 Å². The Hall–Kier alpha value is -2.00. The summed E-state index contributed by atoms with van der Waals surface area (Å²) in [5, 5.41) is 5.91. The van der Waals surface area contributed by atoms with E-state index in [-0.39, 0.29) is 39.7 Å². The van der Waals surface area contributed by atoms with Crippen LogP contribution in [0.15, 0.2) is 119 Å². The molecule has 5 aromatic carbocycles. The summed E-state index contributed by atoms with van der Waals surface area (Å²) < 4.78 is 0. The maximum atomic E-state index is 3.61. The molecule has 0 bridgehead atoms. The molecule has 0 fully saturated rings. The van der Waals surface area contributed by atoms with Gasteiger partial charge in [0.2, 0.25) is 0 Å². The molecule has 7 rings (SSSR count). The van der Waals surface area contributed by atoms with Crippen molar-refractivity contribution in [2.24, 2.45) is 5.92 Å². The Balaban J connectivity index is 0.000000402. The number of thioether (sulfide) groups is 1. The van der Waals surface area contributed by atoms with Gasteiger partial charge in [-0.15, -0.1) is 75.5 Å². The predicted molar refractivity (Wildman–Crippen MR) is 205 cm³/mol. The first kappa shape index (κ1) is 41.0. The molecule has 1 unspecified atom stereocenters. The van der Waals surface area contributed by atoms with E-state index in [1.807, 2.05) is 11.8 Å². The molecule has 2 aliphatic rings. The molecule has 1 atom stereocenters. The summed E-state index contributed by atoms with van der Waals surface area (Å²) in [6.07, 6.45) is 5.97. The third-order valence-corrected chi connectivity index (χ3v) is 8.98. The van der Waals surface area contributed by atoms with E-state index in [2.05, 4.69) is 151 Å². The van der Waals surface area contributed by atoms with Gasteiger partial charge in [-0.25, -0.2) is 6.08 Å².